The van der Waals surface area contributed by atoms with Gasteiger partial charge in [-0.2, -0.15) is 0 Å². The van der Waals surface area contributed by atoms with Crippen molar-refractivity contribution in [3.63, 3.8) is 0 Å². The Labute approximate surface area is 169 Å². The van der Waals surface area contributed by atoms with Crippen molar-refractivity contribution in [3.05, 3.63) is 66.2 Å². The first-order valence-corrected chi connectivity index (χ1v) is 10.4. The van der Waals surface area contributed by atoms with Crippen molar-refractivity contribution in [2.75, 3.05) is 6.61 Å². The maximum Gasteiger partial charge on any atom is 0.303 e. The van der Waals surface area contributed by atoms with Gasteiger partial charge in [0.05, 0.1) is 12.7 Å². The quantitative estimate of drug-likeness (QED) is 0.718. The van der Waals surface area contributed by atoms with Crippen LogP contribution in [0, 0.1) is 5.92 Å². The average Bonchev–Trinajstić information content (AvgIpc) is 2.72. The fraction of sp³-hybridized carbons (Fsp3) is 0.409. The van der Waals surface area contributed by atoms with E-state index in [9.17, 15) is 4.79 Å². The molecule has 2 heterocycles. The third-order valence-corrected chi connectivity index (χ3v) is 6.20. The van der Waals surface area contributed by atoms with E-state index in [1.807, 2.05) is 60.7 Å². The highest BCUT2D eigenvalue weighted by atomic mass is 32.2. The fourth-order valence-corrected chi connectivity index (χ4v) is 4.90. The molecule has 0 N–H and O–H groups in total. The topological polar surface area (TPSA) is 54.0 Å². The molecule has 3 unspecified atom stereocenters. The summed E-state index contributed by atoms with van der Waals surface area (Å²) >= 11 is 1.56. The molecule has 2 aliphatic heterocycles. The summed E-state index contributed by atoms with van der Waals surface area (Å²) in [7, 11) is 0. The second kappa shape index (κ2) is 8.66. The normalized spacial score (nSPS) is 32.4. The summed E-state index contributed by atoms with van der Waals surface area (Å²) in [5, 5.41) is 0. The van der Waals surface area contributed by atoms with Crippen LogP contribution in [-0.2, 0) is 23.7 Å². The van der Waals surface area contributed by atoms with Gasteiger partial charge in [0, 0.05) is 23.3 Å². The van der Waals surface area contributed by atoms with Crippen molar-refractivity contribution in [3.8, 4) is 0 Å². The summed E-state index contributed by atoms with van der Waals surface area (Å²) in [5.74, 6) is -0.344. The third kappa shape index (κ3) is 4.25. The van der Waals surface area contributed by atoms with Gasteiger partial charge in [-0.25, -0.2) is 0 Å². The highest BCUT2D eigenvalue weighted by molar-refractivity contribution is 7.99. The number of carbonyl (C=O) groups excluding carboxylic acids is 1. The number of fused-ring (bicyclic) bond motifs is 1. The molecule has 0 saturated carbocycles. The summed E-state index contributed by atoms with van der Waals surface area (Å²) in [6.45, 7) is 3.92. The van der Waals surface area contributed by atoms with E-state index in [2.05, 4.69) is 6.92 Å². The molecule has 2 aromatic carbocycles. The van der Waals surface area contributed by atoms with E-state index in [0.717, 1.165) is 10.5 Å². The van der Waals surface area contributed by atoms with Gasteiger partial charge in [-0.05, 0) is 12.1 Å². The Bertz CT molecular complexity index is 784. The first-order chi connectivity index (χ1) is 13.6. The SMILES string of the molecule is CC(=O)OC1[C@@H](C)[C@H]2OC(c3ccccc3)OCC2O[C@H]1Sc1ccccc1. The van der Waals surface area contributed by atoms with Crippen LogP contribution in [0.25, 0.3) is 0 Å². The van der Waals surface area contributed by atoms with Crippen LogP contribution < -0.4 is 0 Å². The van der Waals surface area contributed by atoms with E-state index in [0.29, 0.717) is 6.61 Å². The lowest BCUT2D eigenvalue weighted by Crippen LogP contribution is -2.58. The second-order valence-electron chi connectivity index (χ2n) is 7.08. The van der Waals surface area contributed by atoms with Crippen molar-refractivity contribution in [2.24, 2.45) is 5.92 Å². The Hall–Kier alpha value is -1.86. The van der Waals surface area contributed by atoms with Crippen molar-refractivity contribution in [1.82, 2.24) is 0 Å². The maximum atomic E-state index is 11.7. The number of thioether (sulfide) groups is 1. The van der Waals surface area contributed by atoms with Crippen molar-refractivity contribution in [2.45, 2.75) is 48.8 Å². The Morgan fingerprint density at radius 1 is 1.04 bits per heavy atom. The monoisotopic (exact) mass is 400 g/mol. The highest BCUT2D eigenvalue weighted by Crippen LogP contribution is 2.42. The highest BCUT2D eigenvalue weighted by Gasteiger charge is 2.49. The number of ether oxygens (including phenoxy) is 4. The first kappa shape index (κ1) is 19.5. The van der Waals surface area contributed by atoms with Gasteiger partial charge in [0.25, 0.3) is 0 Å². The molecule has 28 heavy (non-hydrogen) atoms. The molecule has 0 amide bonds. The van der Waals surface area contributed by atoms with Gasteiger partial charge in [0.15, 0.2) is 6.29 Å². The van der Waals surface area contributed by atoms with Crippen molar-refractivity contribution >= 4 is 17.7 Å². The summed E-state index contributed by atoms with van der Waals surface area (Å²) in [5.41, 5.74) is 0.654. The van der Waals surface area contributed by atoms with Crippen LogP contribution in [0.3, 0.4) is 0 Å². The molecule has 2 aliphatic rings. The van der Waals surface area contributed by atoms with Crippen LogP contribution in [0.5, 0.6) is 0 Å². The molecule has 0 radical (unpaired) electrons. The molecule has 5 nitrogen and oxygen atoms in total. The third-order valence-electron chi connectivity index (χ3n) is 5.04. The number of hydrogen-bond donors (Lipinski definition) is 0. The second-order valence-corrected chi connectivity index (χ2v) is 8.26. The van der Waals surface area contributed by atoms with Crippen molar-refractivity contribution < 1.29 is 23.7 Å². The minimum Gasteiger partial charge on any atom is -0.458 e. The van der Waals surface area contributed by atoms with Gasteiger partial charge < -0.3 is 18.9 Å². The zero-order chi connectivity index (χ0) is 19.5. The van der Waals surface area contributed by atoms with E-state index in [1.165, 1.54) is 6.92 Å². The molecule has 2 aromatic rings. The van der Waals surface area contributed by atoms with Gasteiger partial charge in [-0.15, -0.1) is 0 Å². The number of hydrogen-bond acceptors (Lipinski definition) is 6. The number of benzene rings is 2. The average molecular weight is 400 g/mol. The molecule has 0 bridgehead atoms. The maximum absolute atomic E-state index is 11.7. The predicted octanol–water partition coefficient (Wildman–Crippen LogP) is 4.19. The van der Waals surface area contributed by atoms with Gasteiger partial charge in [0.2, 0.25) is 0 Å². The Balaban J connectivity index is 1.53. The molecule has 2 saturated heterocycles. The lowest BCUT2D eigenvalue weighted by Gasteiger charge is -2.48. The van der Waals surface area contributed by atoms with Crippen LogP contribution in [0.2, 0.25) is 0 Å². The first-order valence-electron chi connectivity index (χ1n) is 9.48. The van der Waals surface area contributed by atoms with Gasteiger partial charge >= 0.3 is 5.97 Å². The van der Waals surface area contributed by atoms with Crippen LogP contribution >= 0.6 is 11.8 Å². The molecule has 4 rings (SSSR count). The Morgan fingerprint density at radius 3 is 2.39 bits per heavy atom. The molecular weight excluding hydrogens is 376 g/mol. The molecule has 6 heteroatoms. The van der Waals surface area contributed by atoms with Crippen LogP contribution in [0.1, 0.15) is 25.7 Å². The minimum atomic E-state index is -0.440. The van der Waals surface area contributed by atoms with Crippen LogP contribution in [-0.4, -0.2) is 36.3 Å². The van der Waals surface area contributed by atoms with Gasteiger partial charge in [-0.3, -0.25) is 4.79 Å². The Morgan fingerprint density at radius 2 is 1.71 bits per heavy atom. The van der Waals surface area contributed by atoms with Gasteiger partial charge in [-0.1, -0.05) is 67.2 Å². The standard InChI is InChI=1S/C22H24O5S/c1-14-19-18(13-24-21(27-19)16-9-5-3-6-10-16)26-22(20(14)25-15(2)23)28-17-11-7-4-8-12-17/h3-12,14,18-22H,13H2,1-2H3/t14-,18?,19+,20?,21?,22-/m0/s1. The van der Waals surface area contributed by atoms with Crippen LogP contribution in [0.15, 0.2) is 65.6 Å². The zero-order valence-electron chi connectivity index (χ0n) is 15.9. The van der Waals surface area contributed by atoms with Crippen molar-refractivity contribution in [1.29, 1.82) is 0 Å². The summed E-state index contributed by atoms with van der Waals surface area (Å²) in [6, 6.07) is 19.8. The predicted molar refractivity (Wildman–Crippen MR) is 106 cm³/mol. The molecular formula is C22H24O5S. The number of rotatable bonds is 4. The molecule has 148 valence electrons. The molecule has 2 fully saturated rings. The largest absolute Gasteiger partial charge is 0.458 e. The smallest absolute Gasteiger partial charge is 0.303 e. The lowest BCUT2D eigenvalue weighted by atomic mass is 9.90. The fourth-order valence-electron chi connectivity index (χ4n) is 3.68. The molecule has 6 atom stereocenters. The van der Waals surface area contributed by atoms with E-state index in [4.69, 9.17) is 18.9 Å². The summed E-state index contributed by atoms with van der Waals surface area (Å²) in [4.78, 5) is 12.8. The molecule has 0 spiro atoms. The molecule has 0 aromatic heterocycles. The van der Waals surface area contributed by atoms with Crippen LogP contribution in [0.4, 0.5) is 0 Å². The van der Waals surface area contributed by atoms with E-state index >= 15 is 0 Å². The summed E-state index contributed by atoms with van der Waals surface area (Å²) in [6.07, 6.45) is -1.26. The lowest BCUT2D eigenvalue weighted by molar-refractivity contribution is -0.308. The zero-order valence-corrected chi connectivity index (χ0v) is 16.7. The van der Waals surface area contributed by atoms with E-state index < -0.39 is 12.4 Å². The van der Waals surface area contributed by atoms with Gasteiger partial charge in [0.1, 0.15) is 17.6 Å². The minimum absolute atomic E-state index is 0.0287. The van der Waals surface area contributed by atoms with E-state index in [1.54, 1.807) is 11.8 Å². The number of esters is 1. The molecule has 0 aliphatic carbocycles. The van der Waals surface area contributed by atoms with E-state index in [-0.39, 0.29) is 29.5 Å². The Kier molecular flexibility index (Phi) is 6.01. The summed E-state index contributed by atoms with van der Waals surface area (Å²) < 4.78 is 24.2. The number of carbonyl (C=O) groups is 1.